The average Bonchev–Trinajstić information content (AvgIpc) is 2.41. The fourth-order valence-corrected chi connectivity index (χ4v) is 2.12. The van der Waals surface area contributed by atoms with Crippen LogP contribution in [0.2, 0.25) is 0 Å². The summed E-state index contributed by atoms with van der Waals surface area (Å²) in [5.41, 5.74) is 0.872. The molecule has 0 aliphatic rings. The molecule has 1 aromatic heterocycles. The van der Waals surface area contributed by atoms with Gasteiger partial charge in [0.15, 0.2) is 5.78 Å². The predicted octanol–water partition coefficient (Wildman–Crippen LogP) is 1.89. The van der Waals surface area contributed by atoms with E-state index in [0.717, 1.165) is 22.1 Å². The minimum atomic E-state index is 0.210. The summed E-state index contributed by atoms with van der Waals surface area (Å²) in [7, 11) is 3.94. The summed E-state index contributed by atoms with van der Waals surface area (Å²) in [6.45, 7) is 4.63. The second kappa shape index (κ2) is 4.66. The summed E-state index contributed by atoms with van der Waals surface area (Å²) < 4.78 is 0. The Morgan fingerprint density at radius 1 is 1.43 bits per heavy atom. The van der Waals surface area contributed by atoms with Crippen LogP contribution in [0.25, 0.3) is 0 Å². The number of hydrogen-bond donors (Lipinski definition) is 0. The number of aromatic nitrogens is 1. The Bertz CT molecular complexity index is 331. The molecule has 4 heteroatoms. The zero-order chi connectivity index (χ0) is 10.7. The molecule has 0 aromatic carbocycles. The third-order valence-corrected chi connectivity index (χ3v) is 3.06. The van der Waals surface area contributed by atoms with Crippen LogP contribution in [0.15, 0.2) is 0 Å². The van der Waals surface area contributed by atoms with Crippen molar-refractivity contribution in [2.45, 2.75) is 20.3 Å². The van der Waals surface area contributed by atoms with E-state index in [1.54, 1.807) is 0 Å². The van der Waals surface area contributed by atoms with Gasteiger partial charge >= 0.3 is 0 Å². The van der Waals surface area contributed by atoms with Crippen molar-refractivity contribution in [3.63, 3.8) is 0 Å². The summed E-state index contributed by atoms with van der Waals surface area (Å²) >= 11 is 1.49. The molecular weight excluding hydrogens is 196 g/mol. The SMILES string of the molecule is Cc1nc(C)c(C(=O)CCN(C)C)s1. The van der Waals surface area contributed by atoms with Gasteiger partial charge in [-0.05, 0) is 27.9 Å². The van der Waals surface area contributed by atoms with Gasteiger partial charge < -0.3 is 4.90 Å². The van der Waals surface area contributed by atoms with Gasteiger partial charge in [-0.25, -0.2) is 4.98 Å². The van der Waals surface area contributed by atoms with Gasteiger partial charge in [0.25, 0.3) is 0 Å². The summed E-state index contributed by atoms with van der Waals surface area (Å²) in [5, 5.41) is 0.968. The first-order valence-corrected chi connectivity index (χ1v) is 5.44. The van der Waals surface area contributed by atoms with E-state index in [1.807, 2.05) is 32.8 Å². The fraction of sp³-hybridized carbons (Fsp3) is 0.600. The molecule has 0 aliphatic heterocycles. The van der Waals surface area contributed by atoms with E-state index in [1.165, 1.54) is 11.3 Å². The zero-order valence-electron chi connectivity index (χ0n) is 9.13. The summed E-state index contributed by atoms with van der Waals surface area (Å²) in [6.07, 6.45) is 0.579. The van der Waals surface area contributed by atoms with E-state index in [-0.39, 0.29) is 5.78 Å². The molecule has 1 rings (SSSR count). The number of Topliss-reactive ketones (excluding diaryl/α,β-unsaturated/α-hetero) is 1. The first kappa shape index (κ1) is 11.3. The van der Waals surface area contributed by atoms with E-state index >= 15 is 0 Å². The summed E-state index contributed by atoms with van der Waals surface area (Å²) in [4.78, 5) is 18.8. The molecule has 0 bridgehead atoms. The Kier molecular flexibility index (Phi) is 3.77. The number of ketones is 1. The molecule has 0 atom stereocenters. The normalized spacial score (nSPS) is 10.9. The molecule has 0 aliphatic carbocycles. The number of hydrogen-bond acceptors (Lipinski definition) is 4. The summed E-state index contributed by atoms with van der Waals surface area (Å²) in [5.74, 6) is 0.210. The van der Waals surface area contributed by atoms with E-state index in [0.29, 0.717) is 6.42 Å². The number of nitrogens with zero attached hydrogens (tertiary/aromatic N) is 2. The van der Waals surface area contributed by atoms with Crippen molar-refractivity contribution >= 4 is 17.1 Å². The van der Waals surface area contributed by atoms with Crippen LogP contribution in [0.3, 0.4) is 0 Å². The number of rotatable bonds is 4. The van der Waals surface area contributed by atoms with Crippen molar-refractivity contribution < 1.29 is 4.79 Å². The molecule has 0 saturated carbocycles. The first-order chi connectivity index (χ1) is 6.50. The Morgan fingerprint density at radius 2 is 2.07 bits per heavy atom. The van der Waals surface area contributed by atoms with E-state index < -0.39 is 0 Å². The van der Waals surface area contributed by atoms with Gasteiger partial charge in [0, 0.05) is 13.0 Å². The lowest BCUT2D eigenvalue weighted by atomic mass is 10.2. The van der Waals surface area contributed by atoms with Crippen molar-refractivity contribution in [3.8, 4) is 0 Å². The highest BCUT2D eigenvalue weighted by Gasteiger charge is 2.13. The van der Waals surface area contributed by atoms with E-state index in [2.05, 4.69) is 4.98 Å². The number of thiazole rings is 1. The third kappa shape index (κ3) is 2.89. The first-order valence-electron chi connectivity index (χ1n) is 4.62. The highest BCUT2D eigenvalue weighted by Crippen LogP contribution is 2.18. The minimum absolute atomic E-state index is 0.210. The van der Waals surface area contributed by atoms with E-state index in [4.69, 9.17) is 0 Å². The monoisotopic (exact) mass is 212 g/mol. The topological polar surface area (TPSA) is 33.2 Å². The lowest BCUT2D eigenvalue weighted by molar-refractivity contribution is 0.0975. The van der Waals surface area contributed by atoms with Gasteiger partial charge in [0.1, 0.15) is 0 Å². The van der Waals surface area contributed by atoms with Crippen LogP contribution in [-0.2, 0) is 0 Å². The smallest absolute Gasteiger partial charge is 0.175 e. The lowest BCUT2D eigenvalue weighted by Crippen LogP contribution is -2.16. The van der Waals surface area contributed by atoms with Crippen molar-refractivity contribution in [2.75, 3.05) is 20.6 Å². The summed E-state index contributed by atoms with van der Waals surface area (Å²) in [6, 6.07) is 0. The van der Waals surface area contributed by atoms with Crippen LogP contribution >= 0.6 is 11.3 Å². The molecule has 0 fully saturated rings. The predicted molar refractivity (Wildman–Crippen MR) is 59.1 cm³/mol. The van der Waals surface area contributed by atoms with Gasteiger partial charge in [-0.2, -0.15) is 0 Å². The third-order valence-electron chi connectivity index (χ3n) is 1.94. The molecule has 0 spiro atoms. The molecule has 14 heavy (non-hydrogen) atoms. The van der Waals surface area contributed by atoms with Gasteiger partial charge in [0.2, 0.25) is 0 Å². The van der Waals surface area contributed by atoms with Gasteiger partial charge in [-0.15, -0.1) is 11.3 Å². The van der Waals surface area contributed by atoms with Crippen LogP contribution in [-0.4, -0.2) is 36.3 Å². The maximum absolute atomic E-state index is 11.7. The molecule has 0 N–H and O–H groups in total. The Balaban J connectivity index is 2.65. The van der Waals surface area contributed by atoms with Crippen molar-refractivity contribution in [1.29, 1.82) is 0 Å². The van der Waals surface area contributed by atoms with Crippen molar-refractivity contribution in [2.24, 2.45) is 0 Å². The highest BCUT2D eigenvalue weighted by molar-refractivity contribution is 7.13. The van der Waals surface area contributed by atoms with Gasteiger partial charge in [-0.3, -0.25) is 4.79 Å². The fourth-order valence-electron chi connectivity index (χ4n) is 1.23. The number of carbonyl (C=O) groups excluding carboxylic acids is 1. The molecule has 0 unspecified atom stereocenters. The number of carbonyl (C=O) groups is 1. The van der Waals surface area contributed by atoms with Crippen molar-refractivity contribution in [1.82, 2.24) is 9.88 Å². The standard InChI is InChI=1S/C10H16N2OS/c1-7-10(14-8(2)11-7)9(13)5-6-12(3)4/h5-6H2,1-4H3. The Labute approximate surface area is 88.8 Å². The minimum Gasteiger partial charge on any atom is -0.309 e. The molecule has 1 aromatic rings. The van der Waals surface area contributed by atoms with Crippen LogP contribution < -0.4 is 0 Å². The number of aryl methyl sites for hydroxylation is 2. The molecule has 0 saturated heterocycles. The Morgan fingerprint density at radius 3 is 2.50 bits per heavy atom. The second-order valence-corrected chi connectivity index (χ2v) is 4.83. The average molecular weight is 212 g/mol. The molecule has 3 nitrogen and oxygen atoms in total. The van der Waals surface area contributed by atoms with Crippen LogP contribution in [0.5, 0.6) is 0 Å². The maximum Gasteiger partial charge on any atom is 0.175 e. The lowest BCUT2D eigenvalue weighted by Gasteiger charge is -2.07. The maximum atomic E-state index is 11.7. The molecule has 0 amide bonds. The van der Waals surface area contributed by atoms with Crippen LogP contribution in [0.1, 0.15) is 26.8 Å². The van der Waals surface area contributed by atoms with Crippen LogP contribution in [0, 0.1) is 13.8 Å². The van der Waals surface area contributed by atoms with Gasteiger partial charge in [-0.1, -0.05) is 0 Å². The molecule has 1 heterocycles. The molecule has 0 radical (unpaired) electrons. The van der Waals surface area contributed by atoms with Crippen LogP contribution in [0.4, 0.5) is 0 Å². The second-order valence-electron chi connectivity index (χ2n) is 3.62. The largest absolute Gasteiger partial charge is 0.309 e. The molecule has 78 valence electrons. The highest BCUT2D eigenvalue weighted by atomic mass is 32.1. The quantitative estimate of drug-likeness (QED) is 0.715. The molecular formula is C10H16N2OS. The Hall–Kier alpha value is -0.740. The zero-order valence-corrected chi connectivity index (χ0v) is 9.94. The van der Waals surface area contributed by atoms with Crippen molar-refractivity contribution in [3.05, 3.63) is 15.6 Å². The van der Waals surface area contributed by atoms with Gasteiger partial charge in [0.05, 0.1) is 15.6 Å². The van der Waals surface area contributed by atoms with E-state index in [9.17, 15) is 4.79 Å².